The first-order chi connectivity index (χ1) is 11.0. The van der Waals surface area contributed by atoms with Crippen LogP contribution in [0.5, 0.6) is 0 Å². The smallest absolute Gasteiger partial charge is 0.163 e. The van der Waals surface area contributed by atoms with Crippen molar-refractivity contribution in [1.29, 1.82) is 0 Å². The lowest BCUT2D eigenvalue weighted by atomic mass is 9.69. The molecule has 1 aliphatic heterocycles. The molecular formula is C19H20O3S. The van der Waals surface area contributed by atoms with Crippen molar-refractivity contribution in [2.24, 2.45) is 5.41 Å². The van der Waals surface area contributed by atoms with E-state index in [1.54, 1.807) is 11.3 Å². The van der Waals surface area contributed by atoms with Crippen LogP contribution in [0.2, 0.25) is 0 Å². The van der Waals surface area contributed by atoms with Gasteiger partial charge >= 0.3 is 0 Å². The Bertz CT molecular complexity index is 750. The number of hydrogen-bond donors (Lipinski definition) is 0. The number of thiophene rings is 1. The number of ketones is 2. The third-order valence-corrected chi connectivity index (χ3v) is 5.88. The second kappa shape index (κ2) is 5.17. The molecule has 1 atom stereocenters. The molecule has 120 valence electrons. The summed E-state index contributed by atoms with van der Waals surface area (Å²) in [6, 6.07) is 4.02. The van der Waals surface area contributed by atoms with E-state index in [1.165, 1.54) is 0 Å². The van der Waals surface area contributed by atoms with E-state index in [9.17, 15) is 9.59 Å². The first-order valence-electron chi connectivity index (χ1n) is 8.20. The lowest BCUT2D eigenvalue weighted by Crippen LogP contribution is -2.34. The molecule has 0 radical (unpaired) electrons. The Balaban J connectivity index is 1.89. The highest BCUT2D eigenvalue weighted by Crippen LogP contribution is 2.51. The van der Waals surface area contributed by atoms with E-state index in [4.69, 9.17) is 4.74 Å². The Morgan fingerprint density at radius 3 is 2.61 bits per heavy atom. The van der Waals surface area contributed by atoms with Crippen LogP contribution in [0, 0.1) is 5.41 Å². The maximum absolute atomic E-state index is 12.9. The van der Waals surface area contributed by atoms with Gasteiger partial charge in [-0.15, -0.1) is 11.3 Å². The summed E-state index contributed by atoms with van der Waals surface area (Å²) in [5, 5.41) is 2.01. The van der Waals surface area contributed by atoms with Crippen molar-refractivity contribution in [2.75, 3.05) is 0 Å². The number of Topliss-reactive ketones (excluding diaryl/α,β-unsaturated/α-hetero) is 2. The van der Waals surface area contributed by atoms with Gasteiger partial charge in [0.25, 0.3) is 0 Å². The SMILES string of the molecule is CC1(C)CC(=O)C2=C(C1)OC1=C(C(=O)CCC1)C2c1cccs1. The van der Waals surface area contributed by atoms with Crippen LogP contribution < -0.4 is 0 Å². The Labute approximate surface area is 140 Å². The third-order valence-electron chi connectivity index (χ3n) is 4.94. The molecule has 1 aromatic rings. The number of rotatable bonds is 1. The standard InChI is InChI=1S/C19H20O3S/c1-19(2)9-12(21)17-14(10-19)22-13-6-3-5-11(20)16(13)18(17)15-7-4-8-23-15/h4,7-8,18H,3,5-6,9-10H2,1-2H3. The fraction of sp³-hybridized carbons (Fsp3) is 0.474. The van der Waals surface area contributed by atoms with E-state index in [-0.39, 0.29) is 22.9 Å². The summed E-state index contributed by atoms with van der Waals surface area (Å²) in [4.78, 5) is 26.5. The summed E-state index contributed by atoms with van der Waals surface area (Å²) < 4.78 is 6.12. The highest BCUT2D eigenvalue weighted by Gasteiger charge is 2.45. The third kappa shape index (κ3) is 2.40. The van der Waals surface area contributed by atoms with Crippen LogP contribution in [0.3, 0.4) is 0 Å². The van der Waals surface area contributed by atoms with Gasteiger partial charge in [0.15, 0.2) is 11.6 Å². The first-order valence-corrected chi connectivity index (χ1v) is 9.08. The summed E-state index contributed by atoms with van der Waals surface area (Å²) in [5.74, 6) is 1.69. The molecule has 4 heteroatoms. The molecular weight excluding hydrogens is 308 g/mol. The zero-order valence-corrected chi connectivity index (χ0v) is 14.3. The van der Waals surface area contributed by atoms with Gasteiger partial charge in [0.1, 0.15) is 11.5 Å². The van der Waals surface area contributed by atoms with Gasteiger partial charge in [0.2, 0.25) is 0 Å². The number of carbonyl (C=O) groups excluding carboxylic acids is 2. The highest BCUT2D eigenvalue weighted by atomic mass is 32.1. The summed E-state index contributed by atoms with van der Waals surface area (Å²) in [6.07, 6.45) is 3.49. The summed E-state index contributed by atoms with van der Waals surface area (Å²) in [7, 11) is 0. The molecule has 0 fully saturated rings. The monoisotopic (exact) mass is 328 g/mol. The van der Waals surface area contributed by atoms with E-state index in [0.717, 1.165) is 46.8 Å². The summed E-state index contributed by atoms with van der Waals surface area (Å²) in [6.45, 7) is 4.21. The van der Waals surface area contributed by atoms with Crippen molar-refractivity contribution in [3.8, 4) is 0 Å². The van der Waals surface area contributed by atoms with E-state index >= 15 is 0 Å². The van der Waals surface area contributed by atoms with E-state index in [2.05, 4.69) is 13.8 Å². The van der Waals surface area contributed by atoms with Crippen molar-refractivity contribution in [1.82, 2.24) is 0 Å². The highest BCUT2D eigenvalue weighted by molar-refractivity contribution is 7.10. The summed E-state index contributed by atoms with van der Waals surface area (Å²) in [5.41, 5.74) is 1.40. The minimum absolute atomic E-state index is 0.0767. The van der Waals surface area contributed by atoms with E-state index in [0.29, 0.717) is 12.8 Å². The second-order valence-corrected chi connectivity index (χ2v) is 8.42. The minimum Gasteiger partial charge on any atom is -0.465 e. The van der Waals surface area contributed by atoms with Crippen LogP contribution in [-0.4, -0.2) is 11.6 Å². The molecule has 1 unspecified atom stereocenters. The molecule has 3 nitrogen and oxygen atoms in total. The molecule has 0 amide bonds. The fourth-order valence-electron chi connectivity index (χ4n) is 3.99. The molecule has 0 saturated carbocycles. The van der Waals surface area contributed by atoms with Crippen molar-refractivity contribution >= 4 is 22.9 Å². The average molecular weight is 328 g/mol. The normalized spacial score (nSPS) is 26.8. The van der Waals surface area contributed by atoms with Gasteiger partial charge in [0.05, 0.1) is 5.92 Å². The molecule has 0 bridgehead atoms. The van der Waals surface area contributed by atoms with Gasteiger partial charge in [-0.1, -0.05) is 19.9 Å². The van der Waals surface area contributed by atoms with Crippen molar-refractivity contribution < 1.29 is 14.3 Å². The fourth-order valence-corrected chi connectivity index (χ4v) is 4.83. The van der Waals surface area contributed by atoms with Crippen LogP contribution in [-0.2, 0) is 14.3 Å². The van der Waals surface area contributed by atoms with Gasteiger partial charge in [-0.3, -0.25) is 9.59 Å². The maximum Gasteiger partial charge on any atom is 0.163 e. The zero-order valence-electron chi connectivity index (χ0n) is 13.5. The van der Waals surface area contributed by atoms with Crippen molar-refractivity contribution in [3.63, 3.8) is 0 Å². The van der Waals surface area contributed by atoms with Crippen molar-refractivity contribution in [2.45, 2.75) is 51.9 Å². The lowest BCUT2D eigenvalue weighted by Gasteiger charge is -2.39. The van der Waals surface area contributed by atoms with Crippen LogP contribution in [0.25, 0.3) is 0 Å². The van der Waals surface area contributed by atoms with Crippen LogP contribution in [0.15, 0.2) is 40.2 Å². The average Bonchev–Trinajstić information content (AvgIpc) is 2.97. The molecule has 2 aliphatic carbocycles. The molecule has 0 aromatic carbocycles. The lowest BCUT2D eigenvalue weighted by molar-refractivity contribution is -0.119. The molecule has 0 N–H and O–H groups in total. The second-order valence-electron chi connectivity index (χ2n) is 7.44. The van der Waals surface area contributed by atoms with Crippen LogP contribution >= 0.6 is 11.3 Å². The number of carbonyl (C=O) groups is 2. The first kappa shape index (κ1) is 14.9. The molecule has 4 rings (SSSR count). The molecule has 0 saturated heterocycles. The quantitative estimate of drug-likeness (QED) is 0.761. The Morgan fingerprint density at radius 2 is 1.87 bits per heavy atom. The molecule has 2 heterocycles. The van der Waals surface area contributed by atoms with Gasteiger partial charge in [0, 0.05) is 41.7 Å². The van der Waals surface area contributed by atoms with E-state index in [1.807, 2.05) is 17.5 Å². The van der Waals surface area contributed by atoms with Gasteiger partial charge in [-0.2, -0.15) is 0 Å². The minimum atomic E-state index is -0.204. The Hall–Kier alpha value is -1.68. The predicted molar refractivity (Wildman–Crippen MR) is 89.1 cm³/mol. The largest absolute Gasteiger partial charge is 0.465 e. The molecule has 0 spiro atoms. The number of ether oxygens (including phenoxy) is 1. The Kier molecular flexibility index (Phi) is 3.34. The maximum atomic E-state index is 12.9. The predicted octanol–water partition coefficient (Wildman–Crippen LogP) is 4.51. The summed E-state index contributed by atoms with van der Waals surface area (Å²) >= 11 is 1.62. The van der Waals surface area contributed by atoms with Gasteiger partial charge in [-0.05, 0) is 23.3 Å². The van der Waals surface area contributed by atoms with Crippen LogP contribution in [0.4, 0.5) is 0 Å². The van der Waals surface area contributed by atoms with Crippen LogP contribution in [0.1, 0.15) is 56.7 Å². The number of allylic oxidation sites excluding steroid dienone is 4. The van der Waals surface area contributed by atoms with Gasteiger partial charge in [-0.25, -0.2) is 0 Å². The zero-order chi connectivity index (χ0) is 16.2. The van der Waals surface area contributed by atoms with E-state index < -0.39 is 0 Å². The van der Waals surface area contributed by atoms with Gasteiger partial charge < -0.3 is 4.74 Å². The molecule has 23 heavy (non-hydrogen) atoms. The molecule has 1 aromatic heterocycles. The molecule has 3 aliphatic rings. The topological polar surface area (TPSA) is 43.4 Å². The number of hydrogen-bond acceptors (Lipinski definition) is 4. The Morgan fingerprint density at radius 1 is 1.09 bits per heavy atom. The van der Waals surface area contributed by atoms with Crippen molar-refractivity contribution in [3.05, 3.63) is 45.1 Å².